The smallest absolute Gasteiger partial charge is 0.279 e. The van der Waals surface area contributed by atoms with Gasteiger partial charge in [-0.3, -0.25) is 19.8 Å². The molecule has 1 heterocycles. The monoisotopic (exact) mass is 440 g/mol. The molecule has 0 spiro atoms. The summed E-state index contributed by atoms with van der Waals surface area (Å²) in [7, 11) is 5.05. The first-order chi connectivity index (χ1) is 15.2. The fraction of sp³-hybridized carbons (Fsp3) is 0.304. The highest BCUT2D eigenvalue weighted by Gasteiger charge is 2.30. The van der Waals surface area contributed by atoms with E-state index in [0.717, 1.165) is 5.56 Å². The van der Waals surface area contributed by atoms with Gasteiger partial charge < -0.3 is 14.7 Å². The third kappa shape index (κ3) is 4.83. The van der Waals surface area contributed by atoms with Crippen molar-refractivity contribution < 1.29 is 18.9 Å². The molecule has 0 fully saturated rings. The van der Waals surface area contributed by atoms with E-state index >= 15 is 0 Å². The minimum absolute atomic E-state index is 0.0286. The number of H-pyrrole nitrogens is 1. The van der Waals surface area contributed by atoms with Crippen LogP contribution in [0.25, 0.3) is 10.9 Å². The number of rotatable bonds is 9. The molecule has 0 saturated heterocycles. The summed E-state index contributed by atoms with van der Waals surface area (Å²) in [5.41, 5.74) is 1.97. The van der Waals surface area contributed by atoms with Gasteiger partial charge >= 0.3 is 0 Å². The Hall–Kier alpha value is -3.59. The molecule has 3 rings (SSSR count). The largest absolute Gasteiger partial charge is 0.361 e. The zero-order chi connectivity index (χ0) is 23.4. The maximum Gasteiger partial charge on any atom is 0.279 e. The molecule has 0 radical (unpaired) electrons. The van der Waals surface area contributed by atoms with Gasteiger partial charge in [0.15, 0.2) is 0 Å². The van der Waals surface area contributed by atoms with Gasteiger partial charge in [-0.2, -0.15) is 0 Å². The number of benzene rings is 2. The Bertz CT molecular complexity index is 1130. The number of fused-ring (bicyclic) bond motifs is 1. The Morgan fingerprint density at radius 2 is 1.84 bits per heavy atom. The molecule has 0 aliphatic carbocycles. The molecule has 1 aromatic heterocycles. The fourth-order valence-corrected chi connectivity index (χ4v) is 3.78. The Morgan fingerprint density at radius 1 is 1.16 bits per heavy atom. The molecule has 3 aromatic rings. The summed E-state index contributed by atoms with van der Waals surface area (Å²) < 4.78 is 13.2. The number of nitrogens with one attached hydrogen (secondary N) is 1. The summed E-state index contributed by atoms with van der Waals surface area (Å²) in [4.78, 5) is 42.3. The second-order valence-electron chi connectivity index (χ2n) is 7.94. The van der Waals surface area contributed by atoms with Crippen molar-refractivity contribution in [2.45, 2.75) is 24.9 Å². The van der Waals surface area contributed by atoms with Crippen LogP contribution >= 0.6 is 0 Å². The molecular weight excluding hydrogens is 415 g/mol. The Balaban J connectivity index is 1.85. The molecule has 0 aliphatic rings. The van der Waals surface area contributed by atoms with Gasteiger partial charge in [-0.1, -0.05) is 18.2 Å². The molecule has 168 valence electrons. The molecule has 8 nitrogen and oxygen atoms in total. The van der Waals surface area contributed by atoms with Crippen LogP contribution in [0.2, 0.25) is 0 Å². The molecule has 2 unspecified atom stereocenters. The van der Waals surface area contributed by atoms with Crippen LogP contribution in [0.1, 0.15) is 11.1 Å². The fourth-order valence-electron chi connectivity index (χ4n) is 3.78. The number of nitro benzene ring substituents is 1. The lowest BCUT2D eigenvalue weighted by molar-refractivity contribution is -0.383. The van der Waals surface area contributed by atoms with Gasteiger partial charge in [-0.25, -0.2) is 4.39 Å². The summed E-state index contributed by atoms with van der Waals surface area (Å²) >= 11 is 0. The lowest BCUT2D eigenvalue weighted by Gasteiger charge is -2.31. The molecule has 9 heteroatoms. The topological polar surface area (TPSA) is 99.6 Å². The molecule has 0 aliphatic heterocycles. The van der Waals surface area contributed by atoms with E-state index < -0.39 is 17.0 Å². The first kappa shape index (κ1) is 23.1. The predicted octanol–water partition coefficient (Wildman–Crippen LogP) is 2.96. The summed E-state index contributed by atoms with van der Waals surface area (Å²) in [5, 5.41) is 12.0. The maximum atomic E-state index is 13.3. The van der Waals surface area contributed by atoms with Gasteiger partial charge in [0.05, 0.1) is 27.9 Å². The number of nitro groups is 1. The minimum atomic E-state index is -0.729. The Kier molecular flexibility index (Phi) is 6.99. The van der Waals surface area contributed by atoms with Crippen molar-refractivity contribution in [2.75, 3.05) is 21.1 Å². The van der Waals surface area contributed by atoms with Gasteiger partial charge in [0.2, 0.25) is 5.91 Å². The van der Waals surface area contributed by atoms with Crippen molar-refractivity contribution in [3.05, 3.63) is 75.7 Å². The van der Waals surface area contributed by atoms with Gasteiger partial charge in [-0.05, 0) is 56.3 Å². The van der Waals surface area contributed by atoms with Crippen LogP contribution < -0.4 is 0 Å². The highest BCUT2D eigenvalue weighted by Crippen LogP contribution is 2.30. The van der Waals surface area contributed by atoms with Crippen LogP contribution in [0.4, 0.5) is 10.1 Å². The number of aromatic amines is 1. The Morgan fingerprint density at radius 3 is 2.44 bits per heavy atom. The molecule has 0 saturated carbocycles. The third-order valence-electron chi connectivity index (χ3n) is 5.64. The molecular formula is C23H25FN4O4. The molecule has 1 amide bonds. The molecule has 2 aromatic carbocycles. The highest BCUT2D eigenvalue weighted by molar-refractivity contribution is 5.93. The van der Waals surface area contributed by atoms with Gasteiger partial charge in [0.1, 0.15) is 12.1 Å². The average molecular weight is 440 g/mol. The van der Waals surface area contributed by atoms with Crippen molar-refractivity contribution in [1.82, 2.24) is 14.8 Å². The van der Waals surface area contributed by atoms with Crippen molar-refractivity contribution in [3.63, 3.8) is 0 Å². The highest BCUT2D eigenvalue weighted by atomic mass is 19.1. The normalized spacial score (nSPS) is 13.2. The lowest BCUT2D eigenvalue weighted by Crippen LogP contribution is -2.50. The number of hydrogen-bond donors (Lipinski definition) is 1. The molecule has 1 N–H and O–H groups in total. The van der Waals surface area contributed by atoms with Crippen molar-refractivity contribution >= 4 is 28.8 Å². The number of aromatic nitrogens is 1. The van der Waals surface area contributed by atoms with Crippen molar-refractivity contribution in [2.24, 2.45) is 0 Å². The average Bonchev–Trinajstić information content (AvgIpc) is 3.18. The van der Waals surface area contributed by atoms with Gasteiger partial charge in [0.25, 0.3) is 5.69 Å². The SMILES string of the molecule is CN(C)C(Cc1c[nH]c2cccc([N+](=O)[O-])c12)C(=O)N(C)C(C=O)Cc1ccc(F)cc1. The van der Waals surface area contributed by atoms with Crippen LogP contribution in [0.5, 0.6) is 0 Å². The lowest BCUT2D eigenvalue weighted by atomic mass is 10.0. The predicted molar refractivity (Wildman–Crippen MR) is 119 cm³/mol. The molecule has 0 bridgehead atoms. The van der Waals surface area contributed by atoms with E-state index in [1.165, 1.54) is 23.1 Å². The van der Waals surface area contributed by atoms with Crippen LogP contribution in [0.3, 0.4) is 0 Å². The summed E-state index contributed by atoms with van der Waals surface area (Å²) in [6.45, 7) is 0. The van der Waals surface area contributed by atoms with E-state index in [4.69, 9.17) is 0 Å². The number of carbonyl (C=O) groups is 2. The second-order valence-corrected chi connectivity index (χ2v) is 7.94. The van der Waals surface area contributed by atoms with E-state index in [0.29, 0.717) is 22.8 Å². The van der Waals surface area contributed by atoms with E-state index in [1.54, 1.807) is 56.5 Å². The first-order valence-electron chi connectivity index (χ1n) is 10.1. The van der Waals surface area contributed by atoms with Crippen LogP contribution in [-0.2, 0) is 22.4 Å². The number of carbonyl (C=O) groups excluding carboxylic acids is 2. The summed E-state index contributed by atoms with van der Waals surface area (Å²) in [6, 6.07) is 9.20. The second kappa shape index (κ2) is 9.69. The summed E-state index contributed by atoms with van der Waals surface area (Å²) in [5.74, 6) is -0.663. The zero-order valence-corrected chi connectivity index (χ0v) is 18.1. The number of hydrogen-bond acceptors (Lipinski definition) is 5. The van der Waals surface area contributed by atoms with E-state index in [2.05, 4.69) is 4.98 Å². The molecule has 32 heavy (non-hydrogen) atoms. The Labute approximate surface area is 184 Å². The van der Waals surface area contributed by atoms with Crippen LogP contribution in [0.15, 0.2) is 48.7 Å². The zero-order valence-electron chi connectivity index (χ0n) is 18.1. The maximum absolute atomic E-state index is 13.3. The van der Waals surface area contributed by atoms with Crippen molar-refractivity contribution in [1.29, 1.82) is 0 Å². The van der Waals surface area contributed by atoms with Gasteiger partial charge in [0, 0.05) is 19.3 Å². The standard InChI is InChI=1S/C23H25FN4O4/c1-26(2)21(12-16-13-25-19-5-4-6-20(22(16)19)28(31)32)23(30)27(3)18(14-29)11-15-7-9-17(24)10-8-15/h4-10,13-14,18,21,25H,11-12H2,1-3H3. The number of non-ortho nitro benzene ring substituents is 1. The van der Waals surface area contributed by atoms with E-state index in [9.17, 15) is 24.1 Å². The van der Waals surface area contributed by atoms with Crippen LogP contribution in [0, 0.1) is 15.9 Å². The number of nitrogens with zero attached hydrogens (tertiary/aromatic N) is 3. The number of halogens is 1. The molecule has 2 atom stereocenters. The van der Waals surface area contributed by atoms with Crippen LogP contribution in [-0.4, -0.2) is 65.1 Å². The number of amides is 1. The van der Waals surface area contributed by atoms with Gasteiger partial charge in [-0.15, -0.1) is 0 Å². The van der Waals surface area contributed by atoms with E-state index in [-0.39, 0.29) is 30.3 Å². The number of aldehydes is 1. The number of likely N-dealkylation sites (N-methyl/N-ethyl adjacent to an activating group) is 2. The summed E-state index contributed by atoms with van der Waals surface area (Å²) in [6.07, 6.45) is 2.86. The minimum Gasteiger partial charge on any atom is -0.361 e. The van der Waals surface area contributed by atoms with E-state index in [1.807, 2.05) is 0 Å². The third-order valence-corrected chi connectivity index (χ3v) is 5.64. The van der Waals surface area contributed by atoms with Crippen molar-refractivity contribution in [3.8, 4) is 0 Å². The quantitative estimate of drug-likeness (QED) is 0.313. The first-order valence-corrected chi connectivity index (χ1v) is 10.1.